The van der Waals surface area contributed by atoms with E-state index in [-0.39, 0.29) is 6.42 Å². The van der Waals surface area contributed by atoms with Crippen LogP contribution in [0.2, 0.25) is 0 Å². The van der Waals surface area contributed by atoms with E-state index in [1.54, 1.807) is 0 Å². The molecule has 0 aliphatic carbocycles. The maximum Gasteiger partial charge on any atom is 0.341 e. The van der Waals surface area contributed by atoms with Gasteiger partial charge in [-0.25, -0.2) is 0 Å². The van der Waals surface area contributed by atoms with Crippen LogP contribution in [0.4, 0.5) is 3.89 Å². The van der Waals surface area contributed by atoms with Crippen LogP contribution < -0.4 is 5.73 Å². The quantitative estimate of drug-likeness (QED) is 0.755. The lowest BCUT2D eigenvalue weighted by Crippen LogP contribution is -2.12. The van der Waals surface area contributed by atoms with Crippen molar-refractivity contribution in [3.05, 3.63) is 17.0 Å². The molecule has 2 N–H and O–H groups in total. The summed E-state index contributed by atoms with van der Waals surface area (Å²) in [6, 6.07) is 2.47. The molecule has 0 fully saturated rings. The molecule has 0 bridgehead atoms. The SMILES string of the molecule is NC(=O)Cc1ccc(S(=O)(=O)F)s1. The molecule has 0 saturated carbocycles. The van der Waals surface area contributed by atoms with Gasteiger partial charge in [-0.3, -0.25) is 4.79 Å². The Morgan fingerprint density at radius 2 is 2.15 bits per heavy atom. The number of amides is 1. The molecule has 4 nitrogen and oxygen atoms in total. The Morgan fingerprint density at radius 1 is 1.54 bits per heavy atom. The number of primary amides is 1. The second-order valence-corrected chi connectivity index (χ2v) is 5.04. The lowest BCUT2D eigenvalue weighted by molar-refractivity contribution is -0.117. The maximum atomic E-state index is 12.3. The minimum atomic E-state index is -4.65. The average Bonchev–Trinajstić information content (AvgIpc) is 2.32. The first-order valence-electron chi connectivity index (χ1n) is 3.21. The summed E-state index contributed by atoms with van der Waals surface area (Å²) in [5.41, 5.74) is 4.87. The van der Waals surface area contributed by atoms with E-state index in [0.717, 1.165) is 6.07 Å². The number of rotatable bonds is 3. The predicted octanol–water partition coefficient (Wildman–Crippen LogP) is 0.434. The predicted molar refractivity (Wildman–Crippen MR) is 45.5 cm³/mol. The normalized spacial score (nSPS) is 11.5. The van der Waals surface area contributed by atoms with Crippen LogP contribution in [0.15, 0.2) is 16.3 Å². The number of carbonyl (C=O) groups is 1. The highest BCUT2D eigenvalue weighted by Crippen LogP contribution is 2.23. The molecule has 0 atom stereocenters. The number of hydrogen-bond donors (Lipinski definition) is 1. The first-order valence-corrected chi connectivity index (χ1v) is 5.41. The van der Waals surface area contributed by atoms with Gasteiger partial charge in [0.1, 0.15) is 0 Å². The molecule has 1 amide bonds. The number of halogens is 1. The Labute approximate surface area is 78.4 Å². The summed E-state index contributed by atoms with van der Waals surface area (Å²) in [6.07, 6.45) is -0.0693. The molecule has 7 heteroatoms. The summed E-state index contributed by atoms with van der Waals surface area (Å²) in [6.45, 7) is 0. The molecule has 0 aromatic carbocycles. The van der Waals surface area contributed by atoms with Gasteiger partial charge in [0.2, 0.25) is 5.91 Å². The zero-order chi connectivity index (χ0) is 10.1. The molecule has 0 saturated heterocycles. The highest BCUT2D eigenvalue weighted by molar-refractivity contribution is 7.88. The van der Waals surface area contributed by atoms with E-state index in [1.807, 2.05) is 0 Å². The third kappa shape index (κ3) is 2.78. The van der Waals surface area contributed by atoms with Gasteiger partial charge in [-0.1, -0.05) is 3.89 Å². The Morgan fingerprint density at radius 3 is 2.54 bits per heavy atom. The van der Waals surface area contributed by atoms with Crippen LogP contribution in [0.5, 0.6) is 0 Å². The second kappa shape index (κ2) is 3.43. The molecule has 0 aliphatic rings. The topological polar surface area (TPSA) is 77.2 Å². The van der Waals surface area contributed by atoms with Gasteiger partial charge < -0.3 is 5.73 Å². The van der Waals surface area contributed by atoms with Crippen LogP contribution in [0.1, 0.15) is 4.88 Å². The smallest absolute Gasteiger partial charge is 0.341 e. The number of carbonyl (C=O) groups excluding carboxylic acids is 1. The molecular formula is C6H6FNO3S2. The Hall–Kier alpha value is -0.950. The molecule has 0 aliphatic heterocycles. The van der Waals surface area contributed by atoms with Crippen molar-refractivity contribution in [2.24, 2.45) is 5.73 Å². The number of thiophene rings is 1. The van der Waals surface area contributed by atoms with Crippen molar-refractivity contribution in [1.29, 1.82) is 0 Å². The zero-order valence-electron chi connectivity index (χ0n) is 6.36. The van der Waals surface area contributed by atoms with Gasteiger partial charge in [0.15, 0.2) is 4.21 Å². The fourth-order valence-corrected chi connectivity index (χ4v) is 2.45. The Balaban J connectivity index is 2.94. The largest absolute Gasteiger partial charge is 0.369 e. The minimum Gasteiger partial charge on any atom is -0.369 e. The molecule has 0 spiro atoms. The molecular weight excluding hydrogens is 217 g/mol. The van der Waals surface area contributed by atoms with Gasteiger partial charge in [-0.2, -0.15) is 8.42 Å². The molecule has 1 rings (SSSR count). The fourth-order valence-electron chi connectivity index (χ4n) is 0.756. The summed E-state index contributed by atoms with van der Waals surface area (Å²) in [5.74, 6) is -0.579. The molecule has 1 aromatic heterocycles. The van der Waals surface area contributed by atoms with Gasteiger partial charge in [0, 0.05) is 4.88 Å². The summed E-state index contributed by atoms with van der Waals surface area (Å²) in [4.78, 5) is 10.8. The lowest BCUT2D eigenvalue weighted by atomic mass is 10.3. The van der Waals surface area contributed by atoms with E-state index in [0.29, 0.717) is 16.2 Å². The highest BCUT2D eigenvalue weighted by Gasteiger charge is 2.15. The van der Waals surface area contributed by atoms with Crippen LogP contribution in [0, 0.1) is 0 Å². The van der Waals surface area contributed by atoms with Crippen molar-refractivity contribution in [1.82, 2.24) is 0 Å². The van der Waals surface area contributed by atoms with Gasteiger partial charge in [-0.15, -0.1) is 11.3 Å². The van der Waals surface area contributed by atoms with E-state index >= 15 is 0 Å². The third-order valence-corrected chi connectivity index (χ3v) is 3.57. The molecule has 1 heterocycles. The van der Waals surface area contributed by atoms with Gasteiger partial charge in [0.25, 0.3) is 0 Å². The van der Waals surface area contributed by atoms with E-state index in [2.05, 4.69) is 0 Å². The van der Waals surface area contributed by atoms with Gasteiger partial charge in [-0.05, 0) is 12.1 Å². The summed E-state index contributed by atoms with van der Waals surface area (Å²) in [7, 11) is -4.65. The molecule has 72 valence electrons. The van der Waals surface area contributed by atoms with Gasteiger partial charge >= 0.3 is 10.2 Å². The summed E-state index contributed by atoms with van der Waals surface area (Å²) >= 11 is 0.704. The van der Waals surface area contributed by atoms with Crippen molar-refractivity contribution in [3.8, 4) is 0 Å². The summed E-state index contributed by atoms with van der Waals surface area (Å²) < 4.78 is 32.7. The maximum absolute atomic E-state index is 12.3. The minimum absolute atomic E-state index is 0.0693. The van der Waals surface area contributed by atoms with E-state index in [9.17, 15) is 17.1 Å². The van der Waals surface area contributed by atoms with E-state index in [4.69, 9.17) is 5.73 Å². The fraction of sp³-hybridized carbons (Fsp3) is 0.167. The van der Waals surface area contributed by atoms with Crippen molar-refractivity contribution >= 4 is 27.5 Å². The molecule has 13 heavy (non-hydrogen) atoms. The van der Waals surface area contributed by atoms with Crippen molar-refractivity contribution < 1.29 is 17.1 Å². The molecule has 0 radical (unpaired) electrons. The first-order chi connectivity index (χ1) is 5.89. The second-order valence-electron chi connectivity index (χ2n) is 2.30. The highest BCUT2D eigenvalue weighted by atomic mass is 32.3. The van der Waals surface area contributed by atoms with Crippen LogP contribution in [0.25, 0.3) is 0 Å². The monoisotopic (exact) mass is 223 g/mol. The molecule has 1 aromatic rings. The van der Waals surface area contributed by atoms with Crippen molar-refractivity contribution in [3.63, 3.8) is 0 Å². The standard InChI is InChI=1S/C6H6FNO3S2/c7-13(10,11)6-2-1-4(12-6)3-5(8)9/h1-2H,3H2,(H2,8,9). The molecule has 0 unspecified atom stereocenters. The average molecular weight is 223 g/mol. The van der Waals surface area contributed by atoms with Crippen LogP contribution in [0.3, 0.4) is 0 Å². The van der Waals surface area contributed by atoms with Crippen LogP contribution in [-0.2, 0) is 21.4 Å². The Kier molecular flexibility index (Phi) is 2.67. The van der Waals surface area contributed by atoms with Crippen LogP contribution in [-0.4, -0.2) is 14.3 Å². The Bertz CT molecular complexity index is 423. The third-order valence-electron chi connectivity index (χ3n) is 1.23. The van der Waals surface area contributed by atoms with Crippen molar-refractivity contribution in [2.45, 2.75) is 10.6 Å². The van der Waals surface area contributed by atoms with Gasteiger partial charge in [0.05, 0.1) is 6.42 Å². The van der Waals surface area contributed by atoms with Crippen LogP contribution >= 0.6 is 11.3 Å². The van der Waals surface area contributed by atoms with E-state index < -0.39 is 20.3 Å². The zero-order valence-corrected chi connectivity index (χ0v) is 7.99. The van der Waals surface area contributed by atoms with E-state index in [1.165, 1.54) is 6.07 Å². The summed E-state index contributed by atoms with van der Waals surface area (Å²) in [5, 5.41) is 0. The lowest BCUT2D eigenvalue weighted by Gasteiger charge is -1.88. The first kappa shape index (κ1) is 10.1. The van der Waals surface area contributed by atoms with Crippen molar-refractivity contribution in [2.75, 3.05) is 0 Å². The number of hydrogen-bond acceptors (Lipinski definition) is 4. The number of nitrogens with two attached hydrogens (primary N) is 1.